The summed E-state index contributed by atoms with van der Waals surface area (Å²) in [4.78, 5) is 12.5. The third-order valence-corrected chi connectivity index (χ3v) is 4.51. The number of benzene rings is 3. The van der Waals surface area contributed by atoms with Gasteiger partial charge in [-0.1, -0.05) is 30.3 Å². The van der Waals surface area contributed by atoms with Crippen LogP contribution in [0.15, 0.2) is 66.7 Å². The van der Waals surface area contributed by atoms with Gasteiger partial charge < -0.3 is 15.6 Å². The molecule has 0 radical (unpaired) electrons. The number of ether oxygens (including phenoxy) is 1. The van der Waals surface area contributed by atoms with Gasteiger partial charge in [-0.05, 0) is 48.9 Å². The number of esters is 1. The SMILES string of the molecule is Cc1ccc(O)c(N2Nc3ccccc3N2COC(=O)c2ccccc2N)c1. The Hall–Kier alpha value is -3.87. The van der Waals surface area contributed by atoms with Crippen LogP contribution in [-0.2, 0) is 4.74 Å². The number of phenolic OH excluding ortho intramolecular Hbond substituents is 1. The molecule has 0 unspecified atom stereocenters. The number of nitrogen functional groups attached to an aromatic ring is 1. The van der Waals surface area contributed by atoms with E-state index in [4.69, 9.17) is 10.5 Å². The third kappa shape index (κ3) is 3.14. The van der Waals surface area contributed by atoms with Crippen LogP contribution < -0.4 is 21.3 Å². The fourth-order valence-electron chi connectivity index (χ4n) is 3.08. The minimum Gasteiger partial charge on any atom is -0.506 e. The molecule has 7 heteroatoms. The predicted molar refractivity (Wildman–Crippen MR) is 109 cm³/mol. The van der Waals surface area contributed by atoms with Crippen molar-refractivity contribution in [1.82, 2.24) is 0 Å². The number of phenols is 1. The van der Waals surface area contributed by atoms with Crippen LogP contribution in [-0.4, -0.2) is 17.8 Å². The summed E-state index contributed by atoms with van der Waals surface area (Å²) >= 11 is 0. The van der Waals surface area contributed by atoms with Crippen LogP contribution in [0.2, 0.25) is 0 Å². The number of hydrazine groups is 2. The molecule has 0 bridgehead atoms. The average Bonchev–Trinajstić information content (AvgIpc) is 3.06. The van der Waals surface area contributed by atoms with Crippen molar-refractivity contribution in [1.29, 1.82) is 0 Å². The van der Waals surface area contributed by atoms with E-state index < -0.39 is 5.97 Å². The minimum atomic E-state index is -0.518. The normalized spacial score (nSPS) is 12.5. The average molecular weight is 376 g/mol. The number of carbonyl (C=O) groups is 1. The maximum absolute atomic E-state index is 12.5. The zero-order chi connectivity index (χ0) is 19.7. The van der Waals surface area contributed by atoms with Crippen molar-refractivity contribution >= 4 is 28.7 Å². The number of nitrogens with two attached hydrogens (primary N) is 1. The number of anilines is 4. The first-order chi connectivity index (χ1) is 13.5. The second-order valence-corrected chi connectivity index (χ2v) is 6.48. The Morgan fingerprint density at radius 1 is 1.07 bits per heavy atom. The molecule has 0 aliphatic carbocycles. The Morgan fingerprint density at radius 3 is 2.64 bits per heavy atom. The van der Waals surface area contributed by atoms with Crippen molar-refractivity contribution in [3.63, 3.8) is 0 Å². The number of aryl methyl sites for hydroxylation is 1. The van der Waals surface area contributed by atoms with E-state index in [1.54, 1.807) is 40.5 Å². The van der Waals surface area contributed by atoms with E-state index in [-0.39, 0.29) is 12.5 Å². The molecule has 1 aliphatic heterocycles. The standard InChI is InChI=1S/C21H20N4O3/c1-14-10-11-20(26)19(12-14)25-23-17-8-4-5-9-18(17)24(25)13-28-21(27)15-6-2-3-7-16(15)22/h2-12,23,26H,13,22H2,1H3. The van der Waals surface area contributed by atoms with Crippen LogP contribution in [0.1, 0.15) is 15.9 Å². The first-order valence-corrected chi connectivity index (χ1v) is 8.79. The monoisotopic (exact) mass is 376 g/mol. The van der Waals surface area contributed by atoms with Crippen LogP contribution in [0.4, 0.5) is 22.7 Å². The van der Waals surface area contributed by atoms with E-state index in [0.717, 1.165) is 16.9 Å². The molecule has 4 N–H and O–H groups in total. The maximum atomic E-state index is 12.5. The van der Waals surface area contributed by atoms with Gasteiger partial charge in [-0.15, -0.1) is 0 Å². The summed E-state index contributed by atoms with van der Waals surface area (Å²) in [5.74, 6) is -0.412. The second kappa shape index (κ2) is 7.03. The molecule has 0 amide bonds. The summed E-state index contributed by atoms with van der Waals surface area (Å²) in [6.45, 7) is 1.87. The summed E-state index contributed by atoms with van der Waals surface area (Å²) in [6, 6.07) is 19.7. The smallest absolute Gasteiger partial charge is 0.342 e. The van der Waals surface area contributed by atoms with Gasteiger partial charge >= 0.3 is 5.97 Å². The van der Waals surface area contributed by atoms with Gasteiger partial charge in [0, 0.05) is 5.69 Å². The first kappa shape index (κ1) is 17.5. The fourth-order valence-corrected chi connectivity index (χ4v) is 3.08. The quantitative estimate of drug-likeness (QED) is 0.473. The molecule has 0 saturated heterocycles. The Kier molecular flexibility index (Phi) is 4.41. The maximum Gasteiger partial charge on any atom is 0.342 e. The molecular formula is C21H20N4O3. The fraction of sp³-hybridized carbons (Fsp3) is 0.0952. The van der Waals surface area contributed by atoms with Crippen LogP contribution in [0.25, 0.3) is 0 Å². The van der Waals surface area contributed by atoms with E-state index in [1.807, 2.05) is 43.3 Å². The zero-order valence-corrected chi connectivity index (χ0v) is 15.3. The molecule has 1 heterocycles. The Labute approximate surface area is 162 Å². The highest BCUT2D eigenvalue weighted by Gasteiger charge is 2.30. The van der Waals surface area contributed by atoms with E-state index in [9.17, 15) is 9.90 Å². The van der Waals surface area contributed by atoms with Gasteiger partial charge in [-0.25, -0.2) is 9.80 Å². The summed E-state index contributed by atoms with van der Waals surface area (Å²) in [6.07, 6.45) is 0. The molecule has 7 nitrogen and oxygen atoms in total. The summed E-state index contributed by atoms with van der Waals surface area (Å²) < 4.78 is 5.52. The third-order valence-electron chi connectivity index (χ3n) is 4.51. The molecule has 142 valence electrons. The highest BCUT2D eigenvalue weighted by molar-refractivity contribution is 5.95. The Bertz CT molecular complexity index is 1040. The first-order valence-electron chi connectivity index (χ1n) is 8.79. The largest absolute Gasteiger partial charge is 0.506 e. The van der Waals surface area contributed by atoms with Gasteiger partial charge in [0.05, 0.1) is 16.9 Å². The number of hydrogen-bond acceptors (Lipinski definition) is 7. The lowest BCUT2D eigenvalue weighted by atomic mass is 10.2. The molecule has 3 aromatic carbocycles. The molecule has 0 fully saturated rings. The van der Waals surface area contributed by atoms with Crippen molar-refractivity contribution in [2.75, 3.05) is 28.0 Å². The minimum absolute atomic E-state index is 0.0649. The Morgan fingerprint density at radius 2 is 1.82 bits per heavy atom. The molecule has 0 saturated carbocycles. The van der Waals surface area contributed by atoms with Gasteiger partial charge in [-0.2, -0.15) is 5.12 Å². The molecule has 1 aliphatic rings. The number of carbonyl (C=O) groups excluding carboxylic acids is 1. The number of rotatable bonds is 4. The van der Waals surface area contributed by atoms with E-state index in [2.05, 4.69) is 5.43 Å². The van der Waals surface area contributed by atoms with Crippen LogP contribution in [0.3, 0.4) is 0 Å². The number of fused-ring (bicyclic) bond motifs is 1. The van der Waals surface area contributed by atoms with Crippen LogP contribution >= 0.6 is 0 Å². The van der Waals surface area contributed by atoms with Crippen molar-refractivity contribution in [3.05, 3.63) is 77.9 Å². The predicted octanol–water partition coefficient (Wildman–Crippen LogP) is 3.67. The highest BCUT2D eigenvalue weighted by Crippen LogP contribution is 2.39. The number of nitrogens with one attached hydrogen (secondary N) is 1. The van der Waals surface area contributed by atoms with Gasteiger partial charge in [0.1, 0.15) is 11.4 Å². The molecule has 4 rings (SSSR count). The van der Waals surface area contributed by atoms with Crippen molar-refractivity contribution in [3.8, 4) is 5.75 Å². The lowest BCUT2D eigenvalue weighted by Gasteiger charge is -2.30. The molecule has 0 atom stereocenters. The summed E-state index contributed by atoms with van der Waals surface area (Å²) in [5, 5.41) is 13.7. The molecule has 3 aromatic rings. The number of aromatic hydroxyl groups is 1. The van der Waals surface area contributed by atoms with Crippen molar-refractivity contribution in [2.45, 2.75) is 6.92 Å². The van der Waals surface area contributed by atoms with Gasteiger partial charge in [0.2, 0.25) is 0 Å². The highest BCUT2D eigenvalue weighted by atomic mass is 16.5. The van der Waals surface area contributed by atoms with E-state index >= 15 is 0 Å². The van der Waals surface area contributed by atoms with Gasteiger partial charge in [0.25, 0.3) is 0 Å². The van der Waals surface area contributed by atoms with Gasteiger partial charge in [-0.3, -0.25) is 5.43 Å². The number of nitrogens with zero attached hydrogens (tertiary/aromatic N) is 2. The van der Waals surface area contributed by atoms with Crippen molar-refractivity contribution < 1.29 is 14.6 Å². The number of para-hydroxylation sites is 3. The van der Waals surface area contributed by atoms with Crippen molar-refractivity contribution in [2.24, 2.45) is 0 Å². The topological polar surface area (TPSA) is 91.1 Å². The molecule has 28 heavy (non-hydrogen) atoms. The lowest BCUT2D eigenvalue weighted by Crippen LogP contribution is -2.43. The van der Waals surface area contributed by atoms with Gasteiger partial charge in [0.15, 0.2) is 6.73 Å². The lowest BCUT2D eigenvalue weighted by molar-refractivity contribution is 0.0506. The van der Waals surface area contributed by atoms with E-state index in [0.29, 0.717) is 16.9 Å². The molecule has 0 aromatic heterocycles. The Balaban J connectivity index is 1.63. The summed E-state index contributed by atoms with van der Waals surface area (Å²) in [5.41, 5.74) is 13.0. The van der Waals surface area contributed by atoms with E-state index in [1.165, 1.54) is 0 Å². The molecular weight excluding hydrogens is 356 g/mol. The van der Waals surface area contributed by atoms with Crippen LogP contribution in [0.5, 0.6) is 5.75 Å². The molecule has 0 spiro atoms. The van der Waals surface area contributed by atoms with Crippen LogP contribution in [0, 0.1) is 6.92 Å². The summed E-state index contributed by atoms with van der Waals surface area (Å²) in [7, 11) is 0. The second-order valence-electron chi connectivity index (χ2n) is 6.48. The number of hydrogen-bond donors (Lipinski definition) is 3. The zero-order valence-electron chi connectivity index (χ0n) is 15.3.